The Hall–Kier alpha value is -1.09. The van der Waals surface area contributed by atoms with Crippen LogP contribution in [0.3, 0.4) is 0 Å². The minimum atomic E-state index is 0.229. The number of hydrogen-bond acceptors (Lipinski definition) is 2. The third-order valence-electron chi connectivity index (χ3n) is 2.91. The van der Waals surface area contributed by atoms with Crippen LogP contribution < -0.4 is 0 Å². The van der Waals surface area contributed by atoms with Crippen LogP contribution in [-0.2, 0) is 11.3 Å². The van der Waals surface area contributed by atoms with Crippen LogP contribution in [0.2, 0.25) is 5.02 Å². The van der Waals surface area contributed by atoms with E-state index in [1.807, 2.05) is 24.3 Å². The van der Waals surface area contributed by atoms with E-state index in [9.17, 15) is 0 Å². The maximum Gasteiger partial charge on any atom is 0.0722 e. The number of fused-ring (bicyclic) bond motifs is 1. The molecule has 0 fully saturated rings. The molecule has 0 aliphatic heterocycles. The highest BCUT2D eigenvalue weighted by molar-refractivity contribution is 6.35. The number of halogens is 1. The molecule has 2 nitrogen and oxygen atoms in total. The van der Waals surface area contributed by atoms with Crippen molar-refractivity contribution in [2.24, 2.45) is 0 Å². The third-order valence-corrected chi connectivity index (χ3v) is 3.24. The van der Waals surface area contributed by atoms with Gasteiger partial charge in [-0.25, -0.2) is 0 Å². The summed E-state index contributed by atoms with van der Waals surface area (Å²) in [6.45, 7) is 1.49. The lowest BCUT2D eigenvalue weighted by Crippen LogP contribution is -1.97. The van der Waals surface area contributed by atoms with Crippen LogP contribution in [0.4, 0.5) is 0 Å². The zero-order valence-electron chi connectivity index (χ0n) is 10.2. The molecular weight excluding hydrogens is 248 g/mol. The van der Waals surface area contributed by atoms with Crippen molar-refractivity contribution >= 4 is 22.4 Å². The zero-order chi connectivity index (χ0) is 12.8. The van der Waals surface area contributed by atoms with Crippen LogP contribution >= 0.6 is 11.6 Å². The van der Waals surface area contributed by atoms with E-state index >= 15 is 0 Å². The van der Waals surface area contributed by atoms with Gasteiger partial charge in [0, 0.05) is 23.6 Å². The minimum absolute atomic E-state index is 0.229. The lowest BCUT2D eigenvalue weighted by atomic mass is 10.1. The van der Waals surface area contributed by atoms with E-state index in [2.05, 4.69) is 12.1 Å². The molecule has 0 saturated carbocycles. The molecule has 0 aromatic heterocycles. The maximum absolute atomic E-state index is 8.68. The minimum Gasteiger partial charge on any atom is -0.396 e. The highest BCUT2D eigenvalue weighted by Crippen LogP contribution is 2.26. The summed E-state index contributed by atoms with van der Waals surface area (Å²) in [6.07, 6.45) is 1.68. The van der Waals surface area contributed by atoms with Crippen molar-refractivity contribution in [2.75, 3.05) is 13.2 Å². The van der Waals surface area contributed by atoms with Crippen LogP contribution in [0, 0.1) is 0 Å². The predicted molar refractivity (Wildman–Crippen MR) is 74.9 cm³/mol. The lowest BCUT2D eigenvalue weighted by Gasteiger charge is -2.08. The van der Waals surface area contributed by atoms with E-state index in [0.29, 0.717) is 13.2 Å². The van der Waals surface area contributed by atoms with Crippen LogP contribution in [-0.4, -0.2) is 18.3 Å². The van der Waals surface area contributed by atoms with E-state index in [1.54, 1.807) is 0 Å². The normalized spacial score (nSPS) is 11.0. The third kappa shape index (κ3) is 3.22. The van der Waals surface area contributed by atoms with E-state index in [0.717, 1.165) is 34.2 Å². The fourth-order valence-corrected chi connectivity index (χ4v) is 2.20. The van der Waals surface area contributed by atoms with Crippen molar-refractivity contribution < 1.29 is 9.84 Å². The number of aliphatic hydroxyl groups excluding tert-OH is 1. The van der Waals surface area contributed by atoms with Crippen LogP contribution in [0.1, 0.15) is 18.4 Å². The largest absolute Gasteiger partial charge is 0.396 e. The molecule has 0 saturated heterocycles. The predicted octanol–water partition coefficient (Wildman–Crippen LogP) is 3.78. The van der Waals surface area contributed by atoms with E-state index < -0.39 is 0 Å². The van der Waals surface area contributed by atoms with Crippen LogP contribution in [0.15, 0.2) is 36.4 Å². The summed E-state index contributed by atoms with van der Waals surface area (Å²) >= 11 is 6.16. The SMILES string of the molecule is OCCCCOCc1cccc2c(Cl)cccc12. The summed E-state index contributed by atoms with van der Waals surface area (Å²) < 4.78 is 5.62. The quantitative estimate of drug-likeness (QED) is 0.805. The molecule has 1 N–H and O–H groups in total. The first-order valence-corrected chi connectivity index (χ1v) is 6.55. The van der Waals surface area contributed by atoms with E-state index in [1.165, 1.54) is 0 Å². The first-order valence-electron chi connectivity index (χ1n) is 6.17. The summed E-state index contributed by atoms with van der Waals surface area (Å²) in [5.41, 5.74) is 1.15. The molecule has 0 radical (unpaired) electrons. The first kappa shape index (κ1) is 13.3. The van der Waals surface area contributed by atoms with Gasteiger partial charge in [0.15, 0.2) is 0 Å². The molecular formula is C15H17ClO2. The molecule has 2 aromatic carbocycles. The highest BCUT2D eigenvalue weighted by atomic mass is 35.5. The molecule has 0 heterocycles. The second kappa shape index (κ2) is 6.74. The fourth-order valence-electron chi connectivity index (χ4n) is 1.96. The van der Waals surface area contributed by atoms with Crippen molar-refractivity contribution in [3.63, 3.8) is 0 Å². The summed E-state index contributed by atoms with van der Waals surface area (Å²) in [4.78, 5) is 0. The molecule has 0 bridgehead atoms. The summed E-state index contributed by atoms with van der Waals surface area (Å²) in [7, 11) is 0. The van der Waals surface area contributed by atoms with Crippen molar-refractivity contribution in [3.8, 4) is 0 Å². The standard InChI is InChI=1S/C15H17ClO2/c16-15-8-4-6-13-12(5-3-7-14(13)15)11-18-10-2-1-9-17/h3-8,17H,1-2,9-11H2. The molecule has 0 unspecified atom stereocenters. The Kier molecular flexibility index (Phi) is 5.00. The molecule has 2 rings (SSSR count). The number of ether oxygens (including phenoxy) is 1. The van der Waals surface area contributed by atoms with Crippen LogP contribution in [0.25, 0.3) is 10.8 Å². The maximum atomic E-state index is 8.68. The van der Waals surface area contributed by atoms with Gasteiger partial charge in [0.25, 0.3) is 0 Å². The average molecular weight is 265 g/mol. The van der Waals surface area contributed by atoms with Gasteiger partial charge in [-0.2, -0.15) is 0 Å². The number of rotatable bonds is 6. The Morgan fingerprint density at radius 1 is 1.00 bits per heavy atom. The topological polar surface area (TPSA) is 29.5 Å². The molecule has 96 valence electrons. The van der Waals surface area contributed by atoms with Gasteiger partial charge in [-0.05, 0) is 29.9 Å². The highest BCUT2D eigenvalue weighted by Gasteiger charge is 2.03. The number of hydrogen-bond donors (Lipinski definition) is 1. The van der Waals surface area contributed by atoms with Gasteiger partial charge >= 0.3 is 0 Å². The molecule has 0 atom stereocenters. The molecule has 3 heteroatoms. The molecule has 0 aliphatic carbocycles. The number of aliphatic hydroxyl groups is 1. The van der Waals surface area contributed by atoms with Crippen molar-refractivity contribution in [3.05, 3.63) is 47.0 Å². The van der Waals surface area contributed by atoms with Gasteiger partial charge in [-0.3, -0.25) is 0 Å². The lowest BCUT2D eigenvalue weighted by molar-refractivity contribution is 0.113. The Bertz CT molecular complexity index is 511. The van der Waals surface area contributed by atoms with Crippen molar-refractivity contribution in [1.82, 2.24) is 0 Å². The molecule has 0 spiro atoms. The Morgan fingerprint density at radius 3 is 2.61 bits per heavy atom. The van der Waals surface area contributed by atoms with Crippen molar-refractivity contribution in [2.45, 2.75) is 19.4 Å². The van der Waals surface area contributed by atoms with Crippen LogP contribution in [0.5, 0.6) is 0 Å². The average Bonchev–Trinajstić information content (AvgIpc) is 2.39. The summed E-state index contributed by atoms with van der Waals surface area (Å²) in [6, 6.07) is 12.0. The second-order valence-electron chi connectivity index (χ2n) is 4.24. The molecule has 18 heavy (non-hydrogen) atoms. The Morgan fingerprint density at radius 2 is 1.78 bits per heavy atom. The van der Waals surface area contributed by atoms with Gasteiger partial charge in [0.1, 0.15) is 0 Å². The summed E-state index contributed by atoms with van der Waals surface area (Å²) in [5.74, 6) is 0. The second-order valence-corrected chi connectivity index (χ2v) is 4.64. The van der Waals surface area contributed by atoms with Gasteiger partial charge < -0.3 is 9.84 Å². The number of benzene rings is 2. The molecule has 2 aromatic rings. The fraction of sp³-hybridized carbons (Fsp3) is 0.333. The molecule has 0 aliphatic rings. The smallest absolute Gasteiger partial charge is 0.0722 e. The Balaban J connectivity index is 2.07. The van der Waals surface area contributed by atoms with Gasteiger partial charge in [0.2, 0.25) is 0 Å². The molecule has 0 amide bonds. The first-order chi connectivity index (χ1) is 8.83. The van der Waals surface area contributed by atoms with Crippen molar-refractivity contribution in [1.29, 1.82) is 0 Å². The van der Waals surface area contributed by atoms with E-state index in [4.69, 9.17) is 21.4 Å². The van der Waals surface area contributed by atoms with Gasteiger partial charge in [-0.1, -0.05) is 41.9 Å². The van der Waals surface area contributed by atoms with E-state index in [-0.39, 0.29) is 6.61 Å². The van der Waals surface area contributed by atoms with Gasteiger partial charge in [0.05, 0.1) is 6.61 Å². The number of unbranched alkanes of at least 4 members (excludes halogenated alkanes) is 1. The summed E-state index contributed by atoms with van der Waals surface area (Å²) in [5, 5.41) is 11.7. The zero-order valence-corrected chi connectivity index (χ0v) is 11.0. The monoisotopic (exact) mass is 264 g/mol. The van der Waals surface area contributed by atoms with Gasteiger partial charge in [-0.15, -0.1) is 0 Å². The Labute approximate surface area is 112 Å².